The number of carboxylic acids is 1. The van der Waals surface area contributed by atoms with Crippen molar-refractivity contribution in [2.75, 3.05) is 5.75 Å². The number of carbonyl (C=O) groups is 1. The zero-order valence-corrected chi connectivity index (χ0v) is 11.0. The Balaban J connectivity index is 2.63. The van der Waals surface area contributed by atoms with E-state index in [4.69, 9.17) is 16.7 Å². The van der Waals surface area contributed by atoms with Crippen molar-refractivity contribution in [2.45, 2.75) is 11.8 Å². The van der Waals surface area contributed by atoms with Crippen molar-refractivity contribution in [3.63, 3.8) is 0 Å². The summed E-state index contributed by atoms with van der Waals surface area (Å²) in [6.07, 6.45) is 1.83. The van der Waals surface area contributed by atoms with E-state index in [1.54, 1.807) is 18.2 Å². The van der Waals surface area contributed by atoms with Crippen molar-refractivity contribution in [1.82, 2.24) is 0 Å². The minimum Gasteiger partial charge on any atom is -0.478 e. The summed E-state index contributed by atoms with van der Waals surface area (Å²) in [5.41, 5.74) is 0.330. The van der Waals surface area contributed by atoms with Gasteiger partial charge in [0.05, 0.1) is 5.56 Å². The third-order valence-corrected chi connectivity index (χ3v) is 4.61. The molecule has 0 atom stereocenters. The summed E-state index contributed by atoms with van der Waals surface area (Å²) in [6.45, 7) is 1.87. The highest BCUT2D eigenvalue weighted by Crippen LogP contribution is 2.35. The number of allylic oxidation sites excluding steroid dienone is 1. The lowest BCUT2D eigenvalue weighted by atomic mass is 10.2. The normalized spacial score (nSPS) is 11.5. The number of carboxylic acid groups (broad SMARTS) is 1. The molecular formula is C11H11ClO2S2. The Labute approximate surface area is 107 Å². The Morgan fingerprint density at radius 2 is 2.19 bits per heavy atom. The minimum atomic E-state index is -0.902. The maximum Gasteiger partial charge on any atom is 0.336 e. The summed E-state index contributed by atoms with van der Waals surface area (Å²) in [5, 5.41) is 9.73. The predicted molar refractivity (Wildman–Crippen MR) is 71.3 cm³/mol. The molecule has 1 aromatic rings. The first-order valence-corrected chi connectivity index (χ1v) is 7.27. The fourth-order valence-electron chi connectivity index (χ4n) is 0.949. The van der Waals surface area contributed by atoms with E-state index in [1.165, 1.54) is 21.6 Å². The average Bonchev–Trinajstić information content (AvgIpc) is 2.29. The van der Waals surface area contributed by atoms with Crippen LogP contribution in [0.1, 0.15) is 17.3 Å². The van der Waals surface area contributed by atoms with E-state index >= 15 is 0 Å². The van der Waals surface area contributed by atoms with Gasteiger partial charge in [0.25, 0.3) is 0 Å². The number of halogens is 1. The molecule has 1 aromatic carbocycles. The van der Waals surface area contributed by atoms with Crippen LogP contribution in [0.4, 0.5) is 0 Å². The Bertz CT molecular complexity index is 405. The molecule has 0 aliphatic rings. The van der Waals surface area contributed by atoms with E-state index in [2.05, 4.69) is 0 Å². The van der Waals surface area contributed by atoms with Gasteiger partial charge in [-0.1, -0.05) is 51.4 Å². The molecule has 0 aliphatic carbocycles. The molecule has 0 aromatic heterocycles. The van der Waals surface area contributed by atoms with Gasteiger partial charge in [0.15, 0.2) is 0 Å². The van der Waals surface area contributed by atoms with Crippen molar-refractivity contribution < 1.29 is 9.90 Å². The van der Waals surface area contributed by atoms with Crippen molar-refractivity contribution in [3.05, 3.63) is 40.9 Å². The first-order valence-electron chi connectivity index (χ1n) is 4.57. The average molecular weight is 275 g/mol. The molecule has 0 aliphatic heterocycles. The Hall–Kier alpha value is -0.580. The molecule has 0 fully saturated rings. The van der Waals surface area contributed by atoms with Crippen LogP contribution < -0.4 is 0 Å². The van der Waals surface area contributed by atoms with Crippen LogP contribution >= 0.6 is 33.2 Å². The third kappa shape index (κ3) is 4.12. The minimum absolute atomic E-state index is 0.330. The number of aromatic carboxylic acids is 1. The second-order valence-corrected chi connectivity index (χ2v) is 5.71. The summed E-state index contributed by atoms with van der Waals surface area (Å²) in [5.74, 6) is -0.225. The zero-order valence-electron chi connectivity index (χ0n) is 8.64. The number of hydrogen-bond acceptors (Lipinski definition) is 3. The fourth-order valence-corrected chi connectivity index (χ4v) is 3.53. The standard InChI is InChI=1S/C11H11ClO2S2/c1-2-8(12)7-15-16-10-6-4-3-5-9(10)11(13)14/h2-6H,7H2,1H3,(H,13,14)/b8-2-. The summed E-state index contributed by atoms with van der Waals surface area (Å²) >= 11 is 5.84. The summed E-state index contributed by atoms with van der Waals surface area (Å²) in [6, 6.07) is 6.94. The van der Waals surface area contributed by atoms with Crippen LogP contribution in [0, 0.1) is 0 Å². The molecule has 5 heteroatoms. The van der Waals surface area contributed by atoms with Crippen molar-refractivity contribution in [1.29, 1.82) is 0 Å². The number of hydrogen-bond donors (Lipinski definition) is 1. The second kappa shape index (κ2) is 6.89. The summed E-state index contributed by atoms with van der Waals surface area (Å²) in [7, 11) is 2.95. The maximum atomic E-state index is 10.9. The van der Waals surface area contributed by atoms with Gasteiger partial charge < -0.3 is 5.11 Å². The smallest absolute Gasteiger partial charge is 0.336 e. The van der Waals surface area contributed by atoms with Gasteiger partial charge in [-0.25, -0.2) is 4.79 Å². The van der Waals surface area contributed by atoms with Crippen LogP contribution in [-0.4, -0.2) is 16.8 Å². The van der Waals surface area contributed by atoms with Crippen LogP contribution in [0.5, 0.6) is 0 Å². The molecule has 0 heterocycles. The molecule has 0 unspecified atom stereocenters. The SMILES string of the molecule is C/C=C(\Cl)CSSc1ccccc1C(=O)O. The van der Waals surface area contributed by atoms with Crippen LogP contribution in [0.25, 0.3) is 0 Å². The zero-order chi connectivity index (χ0) is 12.0. The van der Waals surface area contributed by atoms with E-state index in [9.17, 15) is 4.79 Å². The molecule has 0 spiro atoms. The molecule has 0 bridgehead atoms. The third-order valence-electron chi connectivity index (χ3n) is 1.78. The molecule has 2 nitrogen and oxygen atoms in total. The maximum absolute atomic E-state index is 10.9. The summed E-state index contributed by atoms with van der Waals surface area (Å²) in [4.78, 5) is 11.7. The Kier molecular flexibility index (Phi) is 5.80. The fraction of sp³-hybridized carbons (Fsp3) is 0.182. The lowest BCUT2D eigenvalue weighted by Crippen LogP contribution is -1.97. The van der Waals surface area contributed by atoms with Gasteiger partial charge in [0.2, 0.25) is 0 Å². The highest BCUT2D eigenvalue weighted by Gasteiger charge is 2.09. The van der Waals surface area contributed by atoms with Crippen molar-refractivity contribution >= 4 is 39.2 Å². The first kappa shape index (κ1) is 13.5. The molecule has 0 radical (unpaired) electrons. The molecule has 0 saturated heterocycles. The van der Waals surface area contributed by atoms with Crippen molar-refractivity contribution in [3.8, 4) is 0 Å². The van der Waals surface area contributed by atoms with Gasteiger partial charge in [-0.2, -0.15) is 0 Å². The topological polar surface area (TPSA) is 37.3 Å². The lowest BCUT2D eigenvalue weighted by Gasteiger charge is -2.04. The molecule has 0 amide bonds. The lowest BCUT2D eigenvalue weighted by molar-refractivity contribution is 0.0693. The molecule has 16 heavy (non-hydrogen) atoms. The molecule has 1 N–H and O–H groups in total. The monoisotopic (exact) mass is 274 g/mol. The number of rotatable bonds is 5. The van der Waals surface area contributed by atoms with E-state index < -0.39 is 5.97 Å². The summed E-state index contributed by atoms with van der Waals surface area (Å²) < 4.78 is 0. The van der Waals surface area contributed by atoms with E-state index in [1.807, 2.05) is 19.1 Å². The van der Waals surface area contributed by atoms with Crippen molar-refractivity contribution in [2.24, 2.45) is 0 Å². The Morgan fingerprint density at radius 1 is 1.50 bits per heavy atom. The largest absolute Gasteiger partial charge is 0.478 e. The molecule has 0 saturated carbocycles. The van der Waals surface area contributed by atoms with Gasteiger partial charge in [0.1, 0.15) is 0 Å². The van der Waals surface area contributed by atoms with E-state index in [0.717, 1.165) is 9.93 Å². The van der Waals surface area contributed by atoms with Crippen LogP contribution in [0.3, 0.4) is 0 Å². The molecular weight excluding hydrogens is 264 g/mol. The van der Waals surface area contributed by atoms with Crippen LogP contribution in [0.15, 0.2) is 40.3 Å². The first-order chi connectivity index (χ1) is 7.65. The highest BCUT2D eigenvalue weighted by atomic mass is 35.5. The molecule has 1 rings (SSSR count). The van der Waals surface area contributed by atoms with Crippen LogP contribution in [-0.2, 0) is 0 Å². The Morgan fingerprint density at radius 3 is 2.81 bits per heavy atom. The van der Waals surface area contributed by atoms with Gasteiger partial charge in [-0.3, -0.25) is 0 Å². The quantitative estimate of drug-likeness (QED) is 0.814. The second-order valence-electron chi connectivity index (χ2n) is 2.88. The van der Waals surface area contributed by atoms with E-state index in [0.29, 0.717) is 11.3 Å². The van der Waals surface area contributed by atoms with Gasteiger partial charge in [-0.15, -0.1) is 0 Å². The van der Waals surface area contributed by atoms with Gasteiger partial charge >= 0.3 is 5.97 Å². The highest BCUT2D eigenvalue weighted by molar-refractivity contribution is 8.76. The van der Waals surface area contributed by atoms with Gasteiger partial charge in [-0.05, 0) is 19.1 Å². The molecule has 86 valence electrons. The van der Waals surface area contributed by atoms with E-state index in [-0.39, 0.29) is 0 Å². The predicted octanol–water partition coefficient (Wildman–Crippen LogP) is 4.27. The van der Waals surface area contributed by atoms with Gasteiger partial charge in [0, 0.05) is 15.7 Å². The van der Waals surface area contributed by atoms with Crippen LogP contribution in [0.2, 0.25) is 0 Å². The number of benzene rings is 1.